The number of nitrogens with one attached hydrogen (secondary N) is 1. The average molecular weight is 320 g/mol. The summed E-state index contributed by atoms with van der Waals surface area (Å²) < 4.78 is 27.0. The Labute approximate surface area is 126 Å². The van der Waals surface area contributed by atoms with Gasteiger partial charge in [-0.25, -0.2) is 13.1 Å². The van der Waals surface area contributed by atoms with E-state index >= 15 is 0 Å². The molecule has 1 atom stereocenters. The molecule has 0 fully saturated rings. The van der Waals surface area contributed by atoms with Gasteiger partial charge in [-0.15, -0.1) is 0 Å². The first-order valence-corrected chi connectivity index (χ1v) is 8.68. The molecule has 0 heterocycles. The molecule has 0 saturated carbocycles. The van der Waals surface area contributed by atoms with Crippen molar-refractivity contribution in [1.82, 2.24) is 4.72 Å². The third-order valence-electron chi connectivity index (χ3n) is 3.10. The molecule has 0 aliphatic carbocycles. The van der Waals surface area contributed by atoms with Gasteiger partial charge in [0.1, 0.15) is 0 Å². The number of rotatable bonds is 8. The minimum atomic E-state index is -3.56. The third-order valence-corrected chi connectivity index (χ3v) is 5.04. The fourth-order valence-electron chi connectivity index (χ4n) is 1.92. The smallest absolute Gasteiger partial charge is 0.240 e. The zero-order valence-electron chi connectivity index (χ0n) is 11.9. The molecule has 0 radical (unpaired) electrons. The molecule has 1 unspecified atom stereocenters. The van der Waals surface area contributed by atoms with E-state index < -0.39 is 10.0 Å². The Kier molecular flexibility index (Phi) is 6.95. The first-order chi connectivity index (χ1) is 9.40. The number of sulfonamides is 1. The SMILES string of the molecule is CCCCCC(C)NS(=O)(=O)c1ccc(CO)c(Cl)c1. The summed E-state index contributed by atoms with van der Waals surface area (Å²) in [5.41, 5.74) is 0.515. The number of unbranched alkanes of at least 4 members (excludes halogenated alkanes) is 2. The highest BCUT2D eigenvalue weighted by Crippen LogP contribution is 2.21. The van der Waals surface area contributed by atoms with Crippen molar-refractivity contribution in [3.8, 4) is 0 Å². The molecule has 0 aliphatic rings. The number of aliphatic hydroxyl groups is 1. The van der Waals surface area contributed by atoms with Crippen molar-refractivity contribution in [1.29, 1.82) is 0 Å². The average Bonchev–Trinajstić information content (AvgIpc) is 2.38. The monoisotopic (exact) mass is 319 g/mol. The second-order valence-corrected chi connectivity index (χ2v) is 7.05. The van der Waals surface area contributed by atoms with Crippen molar-refractivity contribution in [3.05, 3.63) is 28.8 Å². The van der Waals surface area contributed by atoms with Crippen LogP contribution in [0, 0.1) is 0 Å². The summed E-state index contributed by atoms with van der Waals surface area (Å²) in [6.45, 7) is 3.76. The zero-order valence-corrected chi connectivity index (χ0v) is 13.5. The van der Waals surface area contributed by atoms with E-state index in [9.17, 15) is 8.42 Å². The maximum atomic E-state index is 12.2. The minimum Gasteiger partial charge on any atom is -0.392 e. The van der Waals surface area contributed by atoms with Gasteiger partial charge in [-0.3, -0.25) is 0 Å². The van der Waals surface area contributed by atoms with Crippen LogP contribution < -0.4 is 4.72 Å². The molecule has 0 spiro atoms. The van der Waals surface area contributed by atoms with E-state index in [2.05, 4.69) is 11.6 Å². The molecule has 1 aromatic rings. The number of benzene rings is 1. The Bertz CT molecular complexity index is 531. The lowest BCUT2D eigenvalue weighted by Crippen LogP contribution is -2.32. The highest BCUT2D eigenvalue weighted by molar-refractivity contribution is 7.89. The van der Waals surface area contributed by atoms with Gasteiger partial charge in [0.15, 0.2) is 0 Å². The predicted molar refractivity (Wildman–Crippen MR) is 81.3 cm³/mol. The van der Waals surface area contributed by atoms with Crippen molar-refractivity contribution < 1.29 is 13.5 Å². The lowest BCUT2D eigenvalue weighted by molar-refractivity contribution is 0.282. The van der Waals surface area contributed by atoms with Crippen LogP contribution in [0.25, 0.3) is 0 Å². The van der Waals surface area contributed by atoms with Crippen molar-refractivity contribution in [3.63, 3.8) is 0 Å². The number of hydrogen-bond donors (Lipinski definition) is 2. The largest absolute Gasteiger partial charge is 0.392 e. The molecule has 0 amide bonds. The second-order valence-electron chi connectivity index (χ2n) is 4.93. The number of hydrogen-bond acceptors (Lipinski definition) is 3. The van der Waals surface area contributed by atoms with Gasteiger partial charge in [0.05, 0.1) is 11.5 Å². The highest BCUT2D eigenvalue weighted by Gasteiger charge is 2.18. The van der Waals surface area contributed by atoms with E-state index in [0.717, 1.165) is 25.7 Å². The molecule has 0 aliphatic heterocycles. The summed E-state index contributed by atoms with van der Waals surface area (Å²) in [5.74, 6) is 0. The molecule has 114 valence electrons. The van der Waals surface area contributed by atoms with E-state index in [1.165, 1.54) is 18.2 Å². The second kappa shape index (κ2) is 7.98. The van der Waals surface area contributed by atoms with Crippen LogP contribution in [0.2, 0.25) is 5.02 Å². The van der Waals surface area contributed by atoms with E-state index in [-0.39, 0.29) is 22.6 Å². The van der Waals surface area contributed by atoms with Crippen LogP contribution in [0.1, 0.15) is 45.1 Å². The molecule has 0 bridgehead atoms. The lowest BCUT2D eigenvalue weighted by atomic mass is 10.1. The van der Waals surface area contributed by atoms with Crippen molar-refractivity contribution in [2.75, 3.05) is 0 Å². The summed E-state index contributed by atoms with van der Waals surface area (Å²) in [7, 11) is -3.56. The summed E-state index contributed by atoms with van der Waals surface area (Å²) in [6, 6.07) is 4.24. The van der Waals surface area contributed by atoms with Crippen LogP contribution in [0.4, 0.5) is 0 Å². The molecule has 0 aromatic heterocycles. The van der Waals surface area contributed by atoms with Crippen LogP contribution in [-0.4, -0.2) is 19.6 Å². The molecule has 2 N–H and O–H groups in total. The van der Waals surface area contributed by atoms with Gasteiger partial charge in [0, 0.05) is 11.1 Å². The standard InChI is InChI=1S/C14H22ClNO3S/c1-3-4-5-6-11(2)16-20(18,19)13-8-7-12(10-17)14(15)9-13/h7-9,11,16-17H,3-6,10H2,1-2H3. The third kappa shape index (κ3) is 5.05. The van der Waals surface area contributed by atoms with E-state index in [0.29, 0.717) is 5.56 Å². The fraction of sp³-hybridized carbons (Fsp3) is 0.571. The first kappa shape index (κ1) is 17.4. The molecule has 20 heavy (non-hydrogen) atoms. The normalized spacial score (nSPS) is 13.4. The Hall–Kier alpha value is -0.620. The Morgan fingerprint density at radius 1 is 1.35 bits per heavy atom. The van der Waals surface area contributed by atoms with Gasteiger partial charge in [-0.05, 0) is 31.0 Å². The molecular formula is C14H22ClNO3S. The number of aliphatic hydroxyl groups excluding tert-OH is 1. The van der Waals surface area contributed by atoms with Gasteiger partial charge in [0.25, 0.3) is 0 Å². The minimum absolute atomic E-state index is 0.108. The zero-order chi connectivity index (χ0) is 15.2. The van der Waals surface area contributed by atoms with Crippen molar-refractivity contribution in [2.24, 2.45) is 0 Å². The quantitative estimate of drug-likeness (QED) is 0.724. The van der Waals surface area contributed by atoms with Gasteiger partial charge in [0.2, 0.25) is 10.0 Å². The molecular weight excluding hydrogens is 298 g/mol. The predicted octanol–water partition coefficient (Wildman–Crippen LogP) is 3.08. The van der Waals surface area contributed by atoms with Gasteiger partial charge >= 0.3 is 0 Å². The van der Waals surface area contributed by atoms with Crippen LogP contribution in [0.5, 0.6) is 0 Å². The summed E-state index contributed by atoms with van der Waals surface area (Å²) >= 11 is 5.92. The lowest BCUT2D eigenvalue weighted by Gasteiger charge is -2.14. The van der Waals surface area contributed by atoms with Crippen molar-refractivity contribution in [2.45, 2.75) is 57.1 Å². The van der Waals surface area contributed by atoms with Gasteiger partial charge in [-0.2, -0.15) is 0 Å². The van der Waals surface area contributed by atoms with E-state index in [1.807, 2.05) is 6.92 Å². The fourth-order valence-corrected chi connectivity index (χ4v) is 3.52. The van der Waals surface area contributed by atoms with Crippen molar-refractivity contribution >= 4 is 21.6 Å². The van der Waals surface area contributed by atoms with Crippen LogP contribution in [0.3, 0.4) is 0 Å². The van der Waals surface area contributed by atoms with Gasteiger partial charge < -0.3 is 5.11 Å². The summed E-state index contributed by atoms with van der Waals surface area (Å²) in [5, 5.41) is 9.29. The summed E-state index contributed by atoms with van der Waals surface area (Å²) in [4.78, 5) is 0.127. The first-order valence-electron chi connectivity index (χ1n) is 6.82. The number of halogens is 1. The molecule has 4 nitrogen and oxygen atoms in total. The molecule has 0 saturated heterocycles. The van der Waals surface area contributed by atoms with Crippen LogP contribution in [-0.2, 0) is 16.6 Å². The van der Waals surface area contributed by atoms with Gasteiger partial charge in [-0.1, -0.05) is 43.9 Å². The van der Waals surface area contributed by atoms with E-state index in [1.54, 1.807) is 0 Å². The maximum absolute atomic E-state index is 12.2. The highest BCUT2D eigenvalue weighted by atomic mass is 35.5. The van der Waals surface area contributed by atoms with Crippen LogP contribution in [0.15, 0.2) is 23.1 Å². The summed E-state index contributed by atoms with van der Waals surface area (Å²) in [6.07, 6.45) is 4.03. The Morgan fingerprint density at radius 3 is 2.60 bits per heavy atom. The molecule has 1 rings (SSSR count). The topological polar surface area (TPSA) is 66.4 Å². The van der Waals surface area contributed by atoms with Crippen LogP contribution >= 0.6 is 11.6 Å². The van der Waals surface area contributed by atoms with E-state index in [4.69, 9.17) is 16.7 Å². The Balaban J connectivity index is 2.75. The maximum Gasteiger partial charge on any atom is 0.240 e. The molecule has 1 aromatic carbocycles. The Morgan fingerprint density at radius 2 is 2.05 bits per heavy atom. The molecule has 6 heteroatoms.